The van der Waals surface area contributed by atoms with Crippen LogP contribution in [0.1, 0.15) is 23.6 Å². The minimum Gasteiger partial charge on any atom is -0.492 e. The van der Waals surface area contributed by atoms with Crippen molar-refractivity contribution in [1.29, 1.82) is 0 Å². The van der Waals surface area contributed by atoms with Gasteiger partial charge in [-0.05, 0) is 55.3 Å². The first-order chi connectivity index (χ1) is 11.4. The fourth-order valence-corrected chi connectivity index (χ4v) is 3.70. The largest absolute Gasteiger partial charge is 0.492 e. The molecule has 1 atom stereocenters. The SMILES string of the molecule is CN(CCOc1ccc(S(N)(=O)=O)cc1)C1CCc2ccccc21. The van der Waals surface area contributed by atoms with Crippen molar-refractivity contribution in [3.8, 4) is 5.75 Å². The molecule has 0 fully saturated rings. The summed E-state index contributed by atoms with van der Waals surface area (Å²) in [6.07, 6.45) is 2.26. The Hall–Kier alpha value is -1.89. The highest BCUT2D eigenvalue weighted by molar-refractivity contribution is 7.89. The number of nitrogens with zero attached hydrogens (tertiary/aromatic N) is 1. The van der Waals surface area contributed by atoms with Crippen molar-refractivity contribution in [1.82, 2.24) is 4.90 Å². The first-order valence-corrected chi connectivity index (χ1v) is 9.53. The van der Waals surface area contributed by atoms with Crippen molar-refractivity contribution >= 4 is 10.0 Å². The van der Waals surface area contributed by atoms with Crippen molar-refractivity contribution < 1.29 is 13.2 Å². The number of ether oxygens (including phenoxy) is 1. The Kier molecular flexibility index (Phi) is 4.89. The molecule has 0 aliphatic heterocycles. The maximum absolute atomic E-state index is 11.2. The van der Waals surface area contributed by atoms with Gasteiger partial charge in [-0.1, -0.05) is 24.3 Å². The number of aryl methyl sites for hydroxylation is 1. The number of benzene rings is 2. The summed E-state index contributed by atoms with van der Waals surface area (Å²) in [6.45, 7) is 1.35. The molecule has 2 aromatic rings. The third-order valence-corrected chi connectivity index (χ3v) is 5.43. The number of hydrogen-bond donors (Lipinski definition) is 1. The molecule has 0 saturated carbocycles. The van der Waals surface area contributed by atoms with Crippen molar-refractivity contribution in [3.63, 3.8) is 0 Å². The van der Waals surface area contributed by atoms with Gasteiger partial charge in [0.2, 0.25) is 10.0 Å². The van der Waals surface area contributed by atoms with Crippen LogP contribution < -0.4 is 9.88 Å². The normalized spacial score (nSPS) is 17.0. The van der Waals surface area contributed by atoms with Gasteiger partial charge in [0.05, 0.1) is 4.90 Å². The molecule has 0 heterocycles. The summed E-state index contributed by atoms with van der Waals surface area (Å²) in [6, 6.07) is 15.2. The lowest BCUT2D eigenvalue weighted by Crippen LogP contribution is -2.27. The number of hydrogen-bond acceptors (Lipinski definition) is 4. The number of likely N-dealkylation sites (N-methyl/N-ethyl adjacent to an activating group) is 1. The predicted molar refractivity (Wildman–Crippen MR) is 93.4 cm³/mol. The molecule has 24 heavy (non-hydrogen) atoms. The van der Waals surface area contributed by atoms with Gasteiger partial charge in [-0.15, -0.1) is 0 Å². The molecule has 3 rings (SSSR count). The summed E-state index contributed by atoms with van der Waals surface area (Å²) in [5, 5.41) is 5.08. The fourth-order valence-electron chi connectivity index (χ4n) is 3.18. The molecule has 0 saturated heterocycles. The molecule has 2 aromatic carbocycles. The number of primary sulfonamides is 1. The topological polar surface area (TPSA) is 72.6 Å². The van der Waals surface area contributed by atoms with Gasteiger partial charge < -0.3 is 4.74 Å². The summed E-state index contributed by atoms with van der Waals surface area (Å²) in [5.41, 5.74) is 2.85. The minimum atomic E-state index is -3.66. The van der Waals surface area contributed by atoms with E-state index < -0.39 is 10.0 Å². The Morgan fingerprint density at radius 1 is 1.17 bits per heavy atom. The third kappa shape index (κ3) is 3.77. The first kappa shape index (κ1) is 17.0. The average molecular weight is 346 g/mol. The molecular weight excluding hydrogens is 324 g/mol. The molecule has 0 amide bonds. The molecule has 1 unspecified atom stereocenters. The van der Waals surface area contributed by atoms with E-state index in [4.69, 9.17) is 9.88 Å². The van der Waals surface area contributed by atoms with Crippen molar-refractivity contribution in [3.05, 3.63) is 59.7 Å². The van der Waals surface area contributed by atoms with Crippen LogP contribution in [0.3, 0.4) is 0 Å². The van der Waals surface area contributed by atoms with E-state index in [0.717, 1.165) is 19.4 Å². The minimum absolute atomic E-state index is 0.0922. The monoisotopic (exact) mass is 346 g/mol. The van der Waals surface area contributed by atoms with Crippen LogP contribution in [0.25, 0.3) is 0 Å². The number of sulfonamides is 1. The van der Waals surface area contributed by atoms with E-state index in [-0.39, 0.29) is 4.90 Å². The summed E-state index contributed by atoms with van der Waals surface area (Å²) >= 11 is 0. The van der Waals surface area contributed by atoms with Crippen molar-refractivity contribution in [2.75, 3.05) is 20.2 Å². The smallest absolute Gasteiger partial charge is 0.238 e. The average Bonchev–Trinajstić information content (AvgIpc) is 2.98. The van der Waals surface area contributed by atoms with Crippen LogP contribution >= 0.6 is 0 Å². The van der Waals surface area contributed by atoms with Gasteiger partial charge in [-0.25, -0.2) is 13.6 Å². The van der Waals surface area contributed by atoms with Crippen LogP contribution in [-0.2, 0) is 16.4 Å². The zero-order valence-electron chi connectivity index (χ0n) is 13.7. The Morgan fingerprint density at radius 2 is 1.88 bits per heavy atom. The second-order valence-corrected chi connectivity index (χ2v) is 7.66. The first-order valence-electron chi connectivity index (χ1n) is 7.99. The van der Waals surface area contributed by atoms with Crippen molar-refractivity contribution in [2.24, 2.45) is 5.14 Å². The highest BCUT2D eigenvalue weighted by Gasteiger charge is 2.25. The van der Waals surface area contributed by atoms with Crippen LogP contribution in [0.4, 0.5) is 0 Å². The van der Waals surface area contributed by atoms with E-state index in [1.807, 2.05) is 0 Å². The standard InChI is InChI=1S/C18H22N2O3S/c1-20(18-11-6-14-4-2-3-5-17(14)18)12-13-23-15-7-9-16(10-8-15)24(19,21)22/h2-5,7-10,18H,6,11-13H2,1H3,(H2,19,21,22). The number of fused-ring (bicyclic) bond motifs is 1. The molecule has 1 aliphatic rings. The lowest BCUT2D eigenvalue weighted by Gasteiger charge is -2.25. The Bertz CT molecular complexity index is 803. The Balaban J connectivity index is 1.53. The lowest BCUT2D eigenvalue weighted by atomic mass is 10.1. The van der Waals surface area contributed by atoms with Gasteiger partial charge >= 0.3 is 0 Å². The number of rotatable bonds is 6. The zero-order chi connectivity index (χ0) is 17.2. The summed E-state index contributed by atoms with van der Waals surface area (Å²) in [7, 11) is -1.55. The molecule has 0 aromatic heterocycles. The molecular formula is C18H22N2O3S. The predicted octanol–water partition coefficient (Wildman–Crippen LogP) is 2.33. The highest BCUT2D eigenvalue weighted by Crippen LogP contribution is 2.34. The van der Waals surface area contributed by atoms with E-state index in [1.54, 1.807) is 12.1 Å². The lowest BCUT2D eigenvalue weighted by molar-refractivity contribution is 0.191. The maximum atomic E-state index is 11.2. The molecule has 0 spiro atoms. The van der Waals surface area contributed by atoms with Crippen LogP contribution in [0.2, 0.25) is 0 Å². The third-order valence-electron chi connectivity index (χ3n) is 4.50. The summed E-state index contributed by atoms with van der Waals surface area (Å²) in [5.74, 6) is 0.641. The van der Waals surface area contributed by atoms with Crippen LogP contribution in [0.5, 0.6) is 5.75 Å². The Labute approximate surface area is 143 Å². The molecule has 6 heteroatoms. The number of nitrogens with two attached hydrogens (primary N) is 1. The second-order valence-electron chi connectivity index (χ2n) is 6.10. The maximum Gasteiger partial charge on any atom is 0.238 e. The van der Waals surface area contributed by atoms with Gasteiger partial charge in [-0.2, -0.15) is 0 Å². The fraction of sp³-hybridized carbons (Fsp3) is 0.333. The van der Waals surface area contributed by atoms with E-state index >= 15 is 0 Å². The Morgan fingerprint density at radius 3 is 2.58 bits per heavy atom. The summed E-state index contributed by atoms with van der Waals surface area (Å²) < 4.78 is 28.2. The molecule has 128 valence electrons. The van der Waals surface area contributed by atoms with Gasteiger partial charge in [0.15, 0.2) is 0 Å². The van der Waals surface area contributed by atoms with Crippen LogP contribution in [0.15, 0.2) is 53.4 Å². The van der Waals surface area contributed by atoms with E-state index in [9.17, 15) is 8.42 Å². The second kappa shape index (κ2) is 6.93. The van der Waals surface area contributed by atoms with Crippen LogP contribution in [-0.4, -0.2) is 33.5 Å². The van der Waals surface area contributed by atoms with E-state index in [1.165, 1.54) is 23.3 Å². The molecule has 0 radical (unpaired) electrons. The van der Waals surface area contributed by atoms with E-state index in [0.29, 0.717) is 18.4 Å². The summed E-state index contributed by atoms with van der Waals surface area (Å²) in [4.78, 5) is 2.40. The van der Waals surface area contributed by atoms with Gasteiger partial charge in [0, 0.05) is 12.6 Å². The molecule has 2 N–H and O–H groups in total. The highest BCUT2D eigenvalue weighted by atomic mass is 32.2. The van der Waals surface area contributed by atoms with Gasteiger partial charge in [0.25, 0.3) is 0 Å². The van der Waals surface area contributed by atoms with Gasteiger partial charge in [0.1, 0.15) is 12.4 Å². The van der Waals surface area contributed by atoms with Gasteiger partial charge in [-0.3, -0.25) is 4.90 Å². The van der Waals surface area contributed by atoms with E-state index in [2.05, 4.69) is 36.2 Å². The molecule has 0 bridgehead atoms. The van der Waals surface area contributed by atoms with Crippen LogP contribution in [0, 0.1) is 0 Å². The molecule has 1 aliphatic carbocycles. The molecule has 5 nitrogen and oxygen atoms in total. The zero-order valence-corrected chi connectivity index (χ0v) is 14.5. The quantitative estimate of drug-likeness (QED) is 0.871. The van der Waals surface area contributed by atoms with Crippen molar-refractivity contribution in [2.45, 2.75) is 23.8 Å².